The van der Waals surface area contributed by atoms with E-state index < -0.39 is 0 Å². The molecule has 0 aromatic heterocycles. The van der Waals surface area contributed by atoms with E-state index in [-0.39, 0.29) is 0 Å². The summed E-state index contributed by atoms with van der Waals surface area (Å²) in [6.07, 6.45) is 1.40. The fourth-order valence-corrected chi connectivity index (χ4v) is 9.50. The van der Waals surface area contributed by atoms with Crippen molar-refractivity contribution in [3.8, 4) is 0 Å². The Labute approximate surface area is 116 Å². The van der Waals surface area contributed by atoms with Crippen molar-refractivity contribution in [1.82, 2.24) is 0 Å². The van der Waals surface area contributed by atoms with E-state index in [0.29, 0.717) is 17.6 Å². The third kappa shape index (κ3) is 12.1. The van der Waals surface area contributed by atoms with Crippen LogP contribution in [0.5, 0.6) is 0 Å². The zero-order chi connectivity index (χ0) is 12.8. The SMILES string of the molecule is CCO[SiH3].[SiH3][SiH2][SiH2]CCCNc1ccccc1. The lowest BCUT2D eigenvalue weighted by atomic mass is 10.3. The van der Waals surface area contributed by atoms with Crippen LogP contribution in [0, 0.1) is 0 Å². The molecule has 1 aromatic carbocycles. The third-order valence-corrected chi connectivity index (χ3v) is 14.7. The number of hydrogen-bond acceptors (Lipinski definition) is 2. The molecule has 0 aliphatic carbocycles. The minimum Gasteiger partial charge on any atom is -0.428 e. The first-order valence-electron chi connectivity index (χ1n) is 6.63. The van der Waals surface area contributed by atoms with Gasteiger partial charge in [-0.05, 0) is 43.8 Å². The maximum Gasteiger partial charge on any atom is 0.145 e. The number of benzene rings is 1. The van der Waals surface area contributed by atoms with Gasteiger partial charge in [-0.25, -0.2) is 0 Å². The normalized spacial score (nSPS) is 11.1. The van der Waals surface area contributed by atoms with Crippen molar-refractivity contribution in [2.24, 2.45) is 0 Å². The lowest BCUT2D eigenvalue weighted by Gasteiger charge is -2.04. The van der Waals surface area contributed by atoms with Crippen LogP contribution in [0.1, 0.15) is 13.3 Å². The molecular weight excluding hydrogens is 274 g/mol. The molecule has 0 saturated carbocycles. The van der Waals surface area contributed by atoms with Crippen molar-refractivity contribution in [3.63, 3.8) is 0 Å². The van der Waals surface area contributed by atoms with Crippen molar-refractivity contribution in [2.75, 3.05) is 18.5 Å². The molecule has 2 nitrogen and oxygen atoms in total. The van der Waals surface area contributed by atoms with Gasteiger partial charge in [-0.2, -0.15) is 0 Å². The van der Waals surface area contributed by atoms with E-state index in [1.54, 1.807) is 15.8 Å². The Bertz CT molecular complexity index is 246. The standard InChI is InChI=1S/C9H19NSi3.C2H8OSi/c11-13-12-8-4-7-10-9-5-2-1-3-6-9;1-2-3-4/h1-3,5-6,10H,4,7-8,12-13H2,11H3;2H2,1,4H3. The Morgan fingerprint density at radius 1 is 1.29 bits per heavy atom. The second kappa shape index (κ2) is 13.9. The lowest BCUT2D eigenvalue weighted by Crippen LogP contribution is -2.06. The minimum absolute atomic E-state index is 0.482. The smallest absolute Gasteiger partial charge is 0.145 e. The van der Waals surface area contributed by atoms with Crippen LogP contribution in [0.2, 0.25) is 6.04 Å². The van der Waals surface area contributed by atoms with E-state index in [1.165, 1.54) is 18.7 Å². The van der Waals surface area contributed by atoms with Gasteiger partial charge in [0.25, 0.3) is 0 Å². The number of para-hydroxylation sites is 1. The maximum atomic E-state index is 4.68. The highest BCUT2D eigenvalue weighted by molar-refractivity contribution is 7.23. The second-order valence-corrected chi connectivity index (χ2v) is 21.0. The molecule has 6 heteroatoms. The van der Waals surface area contributed by atoms with E-state index >= 15 is 0 Å². The van der Waals surface area contributed by atoms with Gasteiger partial charge in [0.2, 0.25) is 0 Å². The molecule has 1 aromatic rings. The Kier molecular flexibility index (Phi) is 13.8. The van der Waals surface area contributed by atoms with Gasteiger partial charge < -0.3 is 9.74 Å². The Hall–Kier alpha value is -0.152. The molecule has 0 aliphatic rings. The molecule has 0 saturated heterocycles. The molecule has 1 rings (SSSR count). The van der Waals surface area contributed by atoms with Gasteiger partial charge in [-0.15, -0.1) is 0 Å². The summed E-state index contributed by atoms with van der Waals surface area (Å²) in [6, 6.07) is 12.1. The predicted molar refractivity (Wildman–Crippen MR) is 92.9 cm³/mol. The van der Waals surface area contributed by atoms with Crippen molar-refractivity contribution < 1.29 is 4.43 Å². The zero-order valence-electron chi connectivity index (χ0n) is 11.5. The molecule has 0 spiro atoms. The first-order chi connectivity index (χ1) is 8.35. The summed E-state index contributed by atoms with van der Waals surface area (Å²) in [4.78, 5) is 0. The summed E-state index contributed by atoms with van der Waals surface area (Å²) in [5, 5.41) is 3.45. The molecule has 17 heavy (non-hydrogen) atoms. The van der Waals surface area contributed by atoms with Crippen LogP contribution >= 0.6 is 0 Å². The van der Waals surface area contributed by atoms with Gasteiger partial charge in [0, 0.05) is 27.9 Å². The summed E-state index contributed by atoms with van der Waals surface area (Å²) in [5.41, 5.74) is 1.27. The predicted octanol–water partition coefficient (Wildman–Crippen LogP) is -1.26. The van der Waals surface area contributed by atoms with Gasteiger partial charge in [0.15, 0.2) is 0 Å². The maximum absolute atomic E-state index is 4.68. The third-order valence-electron chi connectivity index (χ3n) is 2.42. The molecule has 98 valence electrons. The Morgan fingerprint density at radius 3 is 2.47 bits per heavy atom. The lowest BCUT2D eigenvalue weighted by molar-refractivity contribution is 0.375. The van der Waals surface area contributed by atoms with Crippen molar-refractivity contribution in [2.45, 2.75) is 19.4 Å². The number of nitrogens with one attached hydrogen (secondary N) is 1. The Morgan fingerprint density at radius 2 is 1.94 bits per heavy atom. The Balaban J connectivity index is 0.000000557. The highest BCUT2D eigenvalue weighted by Gasteiger charge is 1.89. The molecular formula is C11H27NOSi4. The number of hydrogen-bond donors (Lipinski definition) is 1. The van der Waals surface area contributed by atoms with Crippen LogP contribution in [0.25, 0.3) is 0 Å². The summed E-state index contributed by atoms with van der Waals surface area (Å²) in [6.45, 7) is 4.05. The minimum atomic E-state index is 0.482. The van der Waals surface area contributed by atoms with E-state index in [4.69, 9.17) is 0 Å². The number of anilines is 1. The van der Waals surface area contributed by atoms with E-state index in [1.807, 2.05) is 6.92 Å². The second-order valence-electron chi connectivity index (χ2n) is 3.93. The molecule has 0 aliphatic heterocycles. The van der Waals surface area contributed by atoms with Crippen molar-refractivity contribution >= 4 is 43.5 Å². The van der Waals surface area contributed by atoms with Crippen LogP contribution < -0.4 is 5.32 Å². The molecule has 0 unspecified atom stereocenters. The number of rotatable bonds is 7. The van der Waals surface area contributed by atoms with Gasteiger partial charge in [-0.3, -0.25) is 0 Å². The fourth-order valence-electron chi connectivity index (χ4n) is 1.34. The molecule has 0 amide bonds. The van der Waals surface area contributed by atoms with Gasteiger partial charge in [-0.1, -0.05) is 24.2 Å². The highest BCUT2D eigenvalue weighted by atomic mass is 29.5. The molecule has 0 bridgehead atoms. The van der Waals surface area contributed by atoms with E-state index in [2.05, 4.69) is 40.1 Å². The summed E-state index contributed by atoms with van der Waals surface area (Å²) >= 11 is 0. The van der Waals surface area contributed by atoms with E-state index in [9.17, 15) is 0 Å². The first-order valence-corrected chi connectivity index (χ1v) is 18.1. The first kappa shape index (κ1) is 16.8. The zero-order valence-corrected chi connectivity index (χ0v) is 18.4. The van der Waals surface area contributed by atoms with Crippen LogP contribution in [-0.4, -0.2) is 51.0 Å². The molecule has 1 N–H and O–H groups in total. The average molecular weight is 302 g/mol. The van der Waals surface area contributed by atoms with Crippen LogP contribution in [0.4, 0.5) is 5.69 Å². The van der Waals surface area contributed by atoms with Crippen LogP contribution in [0.15, 0.2) is 30.3 Å². The van der Waals surface area contributed by atoms with Crippen LogP contribution in [0.3, 0.4) is 0 Å². The summed E-state index contributed by atoms with van der Waals surface area (Å²) in [7, 11) is 3.51. The molecule has 0 fully saturated rings. The quantitative estimate of drug-likeness (QED) is 0.502. The largest absolute Gasteiger partial charge is 0.428 e. The van der Waals surface area contributed by atoms with Gasteiger partial charge >= 0.3 is 0 Å². The average Bonchev–Trinajstić information content (AvgIpc) is 2.40. The van der Waals surface area contributed by atoms with Gasteiger partial charge in [0.1, 0.15) is 10.5 Å². The molecule has 0 heterocycles. The van der Waals surface area contributed by atoms with Crippen molar-refractivity contribution in [1.29, 1.82) is 0 Å². The monoisotopic (exact) mass is 301 g/mol. The fraction of sp³-hybridized carbons (Fsp3) is 0.455. The molecule has 0 radical (unpaired) electrons. The highest BCUT2D eigenvalue weighted by Crippen LogP contribution is 2.04. The van der Waals surface area contributed by atoms with E-state index in [0.717, 1.165) is 17.1 Å². The van der Waals surface area contributed by atoms with Gasteiger partial charge in [0.05, 0.1) is 0 Å². The molecule has 0 atom stereocenters. The summed E-state index contributed by atoms with van der Waals surface area (Å²) in [5.74, 6) is 0. The topological polar surface area (TPSA) is 21.3 Å². The summed E-state index contributed by atoms with van der Waals surface area (Å²) < 4.78 is 4.68. The van der Waals surface area contributed by atoms with Crippen LogP contribution in [-0.2, 0) is 4.43 Å². The van der Waals surface area contributed by atoms with Crippen molar-refractivity contribution in [3.05, 3.63) is 30.3 Å².